The summed E-state index contributed by atoms with van der Waals surface area (Å²) in [5.74, 6) is -1.41. The van der Waals surface area contributed by atoms with Crippen molar-refractivity contribution in [1.29, 1.82) is 0 Å². The van der Waals surface area contributed by atoms with E-state index in [4.69, 9.17) is 4.74 Å². The molecule has 1 aromatic rings. The SMILES string of the molecule is O[C@H]1[C@H](O)[C@@H](O)CN(CCCCC(F)COCc2ccc(F)cc2F)C[C@@H]1O. The summed E-state index contributed by atoms with van der Waals surface area (Å²) in [6.45, 7) is 0.361. The van der Waals surface area contributed by atoms with E-state index in [1.807, 2.05) is 0 Å². The molecule has 0 spiro atoms. The summed E-state index contributed by atoms with van der Waals surface area (Å²) in [5.41, 5.74) is 0.163. The first-order valence-corrected chi connectivity index (χ1v) is 9.38. The molecule has 0 bridgehead atoms. The molecule has 0 saturated carbocycles. The smallest absolute Gasteiger partial charge is 0.131 e. The average molecular weight is 407 g/mol. The number of β-amino-alcohol motifs (C(OH)–C–C–N with tert-alkyl or cyclic N) is 2. The Balaban J connectivity index is 1.62. The van der Waals surface area contributed by atoms with Crippen LogP contribution in [0.25, 0.3) is 0 Å². The molecule has 1 saturated heterocycles. The number of hydrogen-bond acceptors (Lipinski definition) is 6. The summed E-state index contributed by atoms with van der Waals surface area (Å²) in [5, 5.41) is 38.9. The van der Waals surface area contributed by atoms with Crippen molar-refractivity contribution in [3.63, 3.8) is 0 Å². The minimum atomic E-state index is -1.40. The van der Waals surface area contributed by atoms with Gasteiger partial charge in [0.05, 0.1) is 25.4 Å². The van der Waals surface area contributed by atoms with Gasteiger partial charge >= 0.3 is 0 Å². The van der Waals surface area contributed by atoms with Gasteiger partial charge < -0.3 is 25.2 Å². The Morgan fingerprint density at radius 1 is 1.04 bits per heavy atom. The van der Waals surface area contributed by atoms with Crippen molar-refractivity contribution in [3.8, 4) is 0 Å². The van der Waals surface area contributed by atoms with Gasteiger partial charge in [-0.3, -0.25) is 4.90 Å². The highest BCUT2D eigenvalue weighted by atomic mass is 19.1. The van der Waals surface area contributed by atoms with Gasteiger partial charge in [-0.15, -0.1) is 0 Å². The van der Waals surface area contributed by atoms with Gasteiger partial charge in [0, 0.05) is 24.7 Å². The molecule has 5 atom stereocenters. The van der Waals surface area contributed by atoms with Crippen LogP contribution in [0, 0.1) is 11.6 Å². The van der Waals surface area contributed by atoms with E-state index < -0.39 is 42.2 Å². The zero-order valence-corrected chi connectivity index (χ0v) is 15.6. The van der Waals surface area contributed by atoms with Gasteiger partial charge in [0.1, 0.15) is 30.0 Å². The number of halogens is 3. The predicted molar refractivity (Wildman–Crippen MR) is 95.2 cm³/mol. The Kier molecular flexibility index (Phi) is 9.13. The fourth-order valence-electron chi connectivity index (χ4n) is 3.18. The molecule has 1 aromatic carbocycles. The summed E-state index contributed by atoms with van der Waals surface area (Å²) in [7, 11) is 0. The minimum Gasteiger partial charge on any atom is -0.389 e. The summed E-state index contributed by atoms with van der Waals surface area (Å²) < 4.78 is 45.3. The quantitative estimate of drug-likeness (QED) is 0.452. The highest BCUT2D eigenvalue weighted by Gasteiger charge is 2.35. The lowest BCUT2D eigenvalue weighted by molar-refractivity contribution is -0.0894. The standard InChI is InChI=1S/C19H28F3NO5/c20-13-5-4-12(15(22)7-13)10-28-11-14(21)3-1-2-6-23-8-16(24)18(26)19(27)17(25)9-23/h4-5,7,14,16-19,24-27H,1-3,6,8-11H2/t14?,16-,17-,18+,19+/m0/s1. The van der Waals surface area contributed by atoms with Crippen LogP contribution in [0.15, 0.2) is 18.2 Å². The van der Waals surface area contributed by atoms with Crippen molar-refractivity contribution in [3.05, 3.63) is 35.4 Å². The third-order valence-corrected chi connectivity index (χ3v) is 4.84. The first kappa shape index (κ1) is 23.1. The molecule has 0 aliphatic carbocycles. The summed E-state index contributed by atoms with van der Waals surface area (Å²) in [6.07, 6.45) is -5.01. The number of nitrogens with zero attached hydrogens (tertiary/aromatic N) is 1. The summed E-state index contributed by atoms with van der Waals surface area (Å²) in [4.78, 5) is 1.72. The van der Waals surface area contributed by atoms with Crippen LogP contribution in [0.2, 0.25) is 0 Å². The van der Waals surface area contributed by atoms with Crippen molar-refractivity contribution >= 4 is 0 Å². The van der Waals surface area contributed by atoms with Crippen LogP contribution < -0.4 is 0 Å². The van der Waals surface area contributed by atoms with E-state index in [9.17, 15) is 33.6 Å². The van der Waals surface area contributed by atoms with Crippen LogP contribution in [0.5, 0.6) is 0 Å². The second kappa shape index (κ2) is 11.1. The van der Waals surface area contributed by atoms with Crippen LogP contribution in [-0.4, -0.2) is 82.2 Å². The highest BCUT2D eigenvalue weighted by Crippen LogP contribution is 2.15. The number of unbranched alkanes of at least 4 members (excludes halogenated alkanes) is 1. The van der Waals surface area contributed by atoms with Gasteiger partial charge in [0.25, 0.3) is 0 Å². The van der Waals surface area contributed by atoms with Gasteiger partial charge in [-0.25, -0.2) is 13.2 Å². The van der Waals surface area contributed by atoms with E-state index in [1.54, 1.807) is 4.90 Å². The second-order valence-corrected chi connectivity index (χ2v) is 7.22. The van der Waals surface area contributed by atoms with Crippen LogP contribution >= 0.6 is 0 Å². The Hall–Kier alpha value is -1.23. The Morgan fingerprint density at radius 3 is 2.29 bits per heavy atom. The normalized spacial score (nSPS) is 27.5. The molecule has 0 aromatic heterocycles. The first-order valence-electron chi connectivity index (χ1n) is 9.38. The first-order chi connectivity index (χ1) is 13.3. The van der Waals surface area contributed by atoms with Crippen molar-refractivity contribution < 1.29 is 38.3 Å². The Labute approximate surface area is 162 Å². The van der Waals surface area contributed by atoms with Gasteiger partial charge in [-0.05, 0) is 31.9 Å². The molecule has 1 aliphatic rings. The molecular weight excluding hydrogens is 379 g/mol. The number of alkyl halides is 1. The second-order valence-electron chi connectivity index (χ2n) is 7.22. The fourth-order valence-corrected chi connectivity index (χ4v) is 3.18. The van der Waals surface area contributed by atoms with Crippen LogP contribution in [-0.2, 0) is 11.3 Å². The topological polar surface area (TPSA) is 93.4 Å². The Bertz CT molecular complexity index is 593. The van der Waals surface area contributed by atoms with Crippen LogP contribution in [0.3, 0.4) is 0 Å². The molecule has 9 heteroatoms. The average Bonchev–Trinajstić information content (AvgIpc) is 2.73. The molecule has 28 heavy (non-hydrogen) atoms. The molecule has 2 rings (SSSR count). The summed E-state index contributed by atoms with van der Waals surface area (Å²) in [6, 6.07) is 3.12. The van der Waals surface area contributed by atoms with E-state index in [1.165, 1.54) is 6.07 Å². The molecule has 4 N–H and O–H groups in total. The molecule has 1 unspecified atom stereocenters. The van der Waals surface area contributed by atoms with Gasteiger partial charge in [-0.2, -0.15) is 0 Å². The van der Waals surface area contributed by atoms with Crippen molar-refractivity contribution in [1.82, 2.24) is 4.90 Å². The number of hydrogen-bond donors (Lipinski definition) is 4. The van der Waals surface area contributed by atoms with Gasteiger partial charge in [0.2, 0.25) is 0 Å². The van der Waals surface area contributed by atoms with Crippen molar-refractivity contribution in [2.24, 2.45) is 0 Å². The third kappa shape index (κ3) is 6.98. The number of likely N-dealkylation sites (tertiary alicyclic amines) is 1. The van der Waals surface area contributed by atoms with Crippen LogP contribution in [0.4, 0.5) is 13.2 Å². The number of rotatable bonds is 9. The lowest BCUT2D eigenvalue weighted by Gasteiger charge is -2.23. The maximum Gasteiger partial charge on any atom is 0.131 e. The maximum atomic E-state index is 13.9. The van der Waals surface area contributed by atoms with Crippen molar-refractivity contribution in [2.75, 3.05) is 26.2 Å². The molecule has 0 amide bonds. The lowest BCUT2D eigenvalue weighted by Crippen LogP contribution is -2.43. The monoisotopic (exact) mass is 407 g/mol. The fraction of sp³-hybridized carbons (Fsp3) is 0.684. The van der Waals surface area contributed by atoms with Gasteiger partial charge in [0.15, 0.2) is 0 Å². The molecule has 0 radical (unpaired) electrons. The molecule has 1 fully saturated rings. The van der Waals surface area contributed by atoms with Crippen LogP contribution in [0.1, 0.15) is 24.8 Å². The van der Waals surface area contributed by atoms with E-state index in [-0.39, 0.29) is 38.3 Å². The van der Waals surface area contributed by atoms with E-state index in [0.29, 0.717) is 19.4 Å². The number of aliphatic hydroxyl groups is 4. The van der Waals surface area contributed by atoms with Gasteiger partial charge in [-0.1, -0.05) is 6.07 Å². The lowest BCUT2D eigenvalue weighted by atomic mass is 10.1. The largest absolute Gasteiger partial charge is 0.389 e. The van der Waals surface area contributed by atoms with E-state index in [0.717, 1.165) is 12.1 Å². The van der Waals surface area contributed by atoms with E-state index >= 15 is 0 Å². The minimum absolute atomic E-state index is 0.112. The Morgan fingerprint density at radius 2 is 1.68 bits per heavy atom. The zero-order chi connectivity index (χ0) is 20.7. The molecule has 6 nitrogen and oxygen atoms in total. The molecule has 160 valence electrons. The van der Waals surface area contributed by atoms with E-state index in [2.05, 4.69) is 0 Å². The van der Waals surface area contributed by atoms with Crippen molar-refractivity contribution in [2.45, 2.75) is 56.5 Å². The maximum absolute atomic E-state index is 13.9. The summed E-state index contributed by atoms with van der Waals surface area (Å²) >= 11 is 0. The number of ether oxygens (including phenoxy) is 1. The third-order valence-electron chi connectivity index (χ3n) is 4.84. The zero-order valence-electron chi connectivity index (χ0n) is 15.6. The highest BCUT2D eigenvalue weighted by molar-refractivity contribution is 5.17. The molecular formula is C19H28F3NO5. The number of aliphatic hydroxyl groups excluding tert-OH is 4. The molecule has 1 heterocycles. The molecule has 1 aliphatic heterocycles. The number of benzene rings is 1. The predicted octanol–water partition coefficient (Wildman–Crippen LogP) is 0.749.